The van der Waals surface area contributed by atoms with Gasteiger partial charge in [-0.25, -0.2) is 8.42 Å². The van der Waals surface area contributed by atoms with Gasteiger partial charge in [0.05, 0.1) is 29.7 Å². The number of anilines is 1. The summed E-state index contributed by atoms with van der Waals surface area (Å²) in [6.45, 7) is 4.36. The van der Waals surface area contributed by atoms with Gasteiger partial charge in [-0.2, -0.15) is 4.98 Å². The highest BCUT2D eigenvalue weighted by Gasteiger charge is 2.34. The zero-order valence-corrected chi connectivity index (χ0v) is 23.9. The Morgan fingerprint density at radius 3 is 2.59 bits per heavy atom. The molecule has 10 nitrogen and oxygen atoms in total. The molecular formula is C28H37N3O7S. The first kappa shape index (κ1) is 28.8. The van der Waals surface area contributed by atoms with Crippen molar-refractivity contribution in [3.63, 3.8) is 0 Å². The number of allylic oxidation sites excluding steroid dienone is 4. The van der Waals surface area contributed by atoms with Crippen molar-refractivity contribution < 1.29 is 32.3 Å². The lowest BCUT2D eigenvalue weighted by molar-refractivity contribution is -0.139. The van der Waals surface area contributed by atoms with Crippen LogP contribution in [0.1, 0.15) is 80.0 Å². The molecule has 11 heteroatoms. The van der Waals surface area contributed by atoms with Crippen LogP contribution < -0.4 is 9.62 Å². The fourth-order valence-corrected chi connectivity index (χ4v) is 5.78. The third-order valence-electron chi connectivity index (χ3n) is 7.25. The largest absolute Gasteiger partial charge is 0.481 e. The lowest BCUT2D eigenvalue weighted by Crippen LogP contribution is -2.33. The van der Waals surface area contributed by atoms with Crippen LogP contribution in [-0.2, 0) is 19.6 Å². The molecule has 1 amide bonds. The summed E-state index contributed by atoms with van der Waals surface area (Å²) >= 11 is 0. The first-order valence-corrected chi connectivity index (χ1v) is 15.0. The third kappa shape index (κ3) is 6.52. The zero-order valence-electron chi connectivity index (χ0n) is 23.1. The maximum atomic E-state index is 13.1. The number of nitrogens with one attached hydrogen (secondary N) is 1. The van der Waals surface area contributed by atoms with Gasteiger partial charge in [-0.05, 0) is 55.1 Å². The maximum Gasteiger partial charge on any atom is 0.305 e. The monoisotopic (exact) mass is 559 g/mol. The summed E-state index contributed by atoms with van der Waals surface area (Å²) in [5.74, 6) is -0.451. The number of aromatic nitrogens is 1. The summed E-state index contributed by atoms with van der Waals surface area (Å²) < 4.78 is 38.6. The summed E-state index contributed by atoms with van der Waals surface area (Å²) in [7, 11) is -0.725. The molecule has 0 aliphatic heterocycles. The van der Waals surface area contributed by atoms with Crippen molar-refractivity contribution >= 4 is 44.4 Å². The Balaban J connectivity index is 1.78. The second kappa shape index (κ2) is 11.1. The molecule has 2 aromatic rings. The number of carbonyl (C=O) groups excluding carboxylic acids is 1. The van der Waals surface area contributed by atoms with E-state index in [0.717, 1.165) is 36.7 Å². The van der Waals surface area contributed by atoms with E-state index in [2.05, 4.69) is 25.2 Å². The first-order valence-electron chi connectivity index (χ1n) is 13.2. The predicted molar refractivity (Wildman–Crippen MR) is 149 cm³/mol. The van der Waals surface area contributed by atoms with E-state index in [-0.39, 0.29) is 41.7 Å². The highest BCUT2D eigenvalue weighted by Crippen LogP contribution is 2.47. The number of fused-ring (bicyclic) bond motifs is 1. The number of methoxy groups -OCH3 is 1. The smallest absolute Gasteiger partial charge is 0.305 e. The molecule has 1 saturated carbocycles. The Hall–Kier alpha value is -3.18. The van der Waals surface area contributed by atoms with Crippen molar-refractivity contribution in [2.45, 2.75) is 64.4 Å². The summed E-state index contributed by atoms with van der Waals surface area (Å²) in [4.78, 5) is 28.9. The Kier molecular flexibility index (Phi) is 8.22. The lowest BCUT2D eigenvalue weighted by atomic mass is 9.83. The van der Waals surface area contributed by atoms with Crippen LogP contribution in [0.25, 0.3) is 16.7 Å². The summed E-state index contributed by atoms with van der Waals surface area (Å²) in [6, 6.07) is 1.85. The number of pyridine rings is 1. The standard InChI is InChI=1S/C28H37N3O7S/c1-28(2)12-10-18(11-13-28)24-23(26(34)29-3)21-16-20(17-8-9-17)25(30-27(21)38-24)31(39(5,35)36)14-6-7-19(37-4)15-22(32)33/h10-12,16-17,19H,6-9,13-15H2,1-5H3,(H,29,34)(H,32,33). The quantitative estimate of drug-likeness (QED) is 0.388. The van der Waals surface area contributed by atoms with Gasteiger partial charge in [0.1, 0.15) is 11.6 Å². The summed E-state index contributed by atoms with van der Waals surface area (Å²) in [5.41, 5.74) is 2.11. The van der Waals surface area contributed by atoms with Gasteiger partial charge in [0.2, 0.25) is 15.7 Å². The molecule has 1 atom stereocenters. The van der Waals surface area contributed by atoms with Crippen LogP contribution in [0, 0.1) is 5.41 Å². The van der Waals surface area contributed by atoms with Gasteiger partial charge in [0.15, 0.2) is 0 Å². The van der Waals surface area contributed by atoms with Crippen molar-refractivity contribution in [2.24, 2.45) is 5.41 Å². The molecule has 1 unspecified atom stereocenters. The predicted octanol–water partition coefficient (Wildman–Crippen LogP) is 4.47. The molecular weight excluding hydrogens is 522 g/mol. The second-order valence-corrected chi connectivity index (χ2v) is 12.9. The molecule has 2 N–H and O–H groups in total. The van der Waals surface area contributed by atoms with E-state index in [1.54, 1.807) is 7.05 Å². The van der Waals surface area contributed by atoms with Crippen LogP contribution in [0.3, 0.4) is 0 Å². The molecule has 0 radical (unpaired) electrons. The molecule has 212 valence electrons. The van der Waals surface area contributed by atoms with Crippen LogP contribution in [-0.4, -0.2) is 63.4 Å². The minimum Gasteiger partial charge on any atom is -0.481 e. The number of carbonyl (C=O) groups is 2. The van der Waals surface area contributed by atoms with E-state index in [4.69, 9.17) is 19.2 Å². The summed E-state index contributed by atoms with van der Waals surface area (Å²) in [6.07, 6.45) is 9.84. The number of ether oxygens (including phenoxy) is 1. The molecule has 4 rings (SSSR count). The number of nitrogens with zero attached hydrogens (tertiary/aromatic N) is 2. The highest BCUT2D eigenvalue weighted by molar-refractivity contribution is 7.92. The minimum absolute atomic E-state index is 0.00443. The van der Waals surface area contributed by atoms with Crippen LogP contribution in [0.2, 0.25) is 0 Å². The van der Waals surface area contributed by atoms with E-state index in [9.17, 15) is 18.0 Å². The van der Waals surface area contributed by atoms with Gasteiger partial charge in [0.25, 0.3) is 5.91 Å². The average molecular weight is 560 g/mol. The molecule has 2 aliphatic carbocycles. The van der Waals surface area contributed by atoms with Gasteiger partial charge < -0.3 is 19.6 Å². The van der Waals surface area contributed by atoms with E-state index in [1.807, 2.05) is 18.2 Å². The van der Waals surface area contributed by atoms with Crippen molar-refractivity contribution in [1.29, 1.82) is 0 Å². The maximum absolute atomic E-state index is 13.1. The lowest BCUT2D eigenvalue weighted by Gasteiger charge is -2.24. The fraction of sp³-hybridized carbons (Fsp3) is 0.536. The molecule has 1 fully saturated rings. The summed E-state index contributed by atoms with van der Waals surface area (Å²) in [5, 5.41) is 12.3. The Morgan fingerprint density at radius 1 is 1.33 bits per heavy atom. The molecule has 2 aliphatic rings. The van der Waals surface area contributed by atoms with E-state index in [0.29, 0.717) is 29.6 Å². The van der Waals surface area contributed by atoms with Crippen molar-refractivity contribution in [2.75, 3.05) is 31.3 Å². The van der Waals surface area contributed by atoms with Crippen molar-refractivity contribution in [3.8, 4) is 0 Å². The number of aliphatic carboxylic acids is 1. The van der Waals surface area contributed by atoms with Gasteiger partial charge in [0, 0.05) is 26.3 Å². The molecule has 0 aromatic carbocycles. The van der Waals surface area contributed by atoms with Crippen LogP contribution in [0.15, 0.2) is 28.7 Å². The number of sulfonamides is 1. The second-order valence-electron chi connectivity index (χ2n) is 11.0. The van der Waals surface area contributed by atoms with E-state index in [1.165, 1.54) is 11.4 Å². The topological polar surface area (TPSA) is 139 Å². The van der Waals surface area contributed by atoms with Crippen molar-refractivity contribution in [3.05, 3.63) is 41.2 Å². The number of carboxylic acids is 1. The number of rotatable bonds is 12. The van der Waals surface area contributed by atoms with E-state index >= 15 is 0 Å². The normalized spacial score (nSPS) is 17.6. The highest BCUT2D eigenvalue weighted by atomic mass is 32.2. The molecule has 0 spiro atoms. The first-order chi connectivity index (χ1) is 18.3. The van der Waals surface area contributed by atoms with E-state index < -0.39 is 22.1 Å². The molecule has 2 aromatic heterocycles. The molecule has 0 saturated heterocycles. The fourth-order valence-electron chi connectivity index (χ4n) is 4.86. The molecule has 0 bridgehead atoms. The Morgan fingerprint density at radius 2 is 2.05 bits per heavy atom. The molecule has 2 heterocycles. The third-order valence-corrected chi connectivity index (χ3v) is 8.40. The minimum atomic E-state index is -3.73. The van der Waals surface area contributed by atoms with Gasteiger partial charge in [-0.3, -0.25) is 13.9 Å². The van der Waals surface area contributed by atoms with Gasteiger partial charge in [-0.15, -0.1) is 0 Å². The van der Waals surface area contributed by atoms with Gasteiger partial charge >= 0.3 is 5.97 Å². The number of furan rings is 1. The van der Waals surface area contributed by atoms with Crippen LogP contribution >= 0.6 is 0 Å². The van der Waals surface area contributed by atoms with Gasteiger partial charge in [-0.1, -0.05) is 32.1 Å². The number of hydrogen-bond donors (Lipinski definition) is 2. The van der Waals surface area contributed by atoms with Crippen molar-refractivity contribution in [1.82, 2.24) is 10.3 Å². The van der Waals surface area contributed by atoms with Crippen LogP contribution in [0.4, 0.5) is 5.82 Å². The Bertz CT molecular complexity index is 1430. The van der Waals surface area contributed by atoms with Crippen LogP contribution in [0.5, 0.6) is 0 Å². The number of carboxylic acid groups (broad SMARTS) is 1. The average Bonchev–Trinajstić information content (AvgIpc) is 3.64. The number of amides is 1. The Labute approximate surface area is 229 Å². The number of hydrogen-bond acceptors (Lipinski definition) is 7. The SMILES string of the molecule is CNC(=O)c1c(C2=CCC(C)(C)C=C2)oc2nc(N(CCCC(CC(=O)O)OC)S(C)(=O)=O)c(C3CC3)cc12. The zero-order chi connectivity index (χ0) is 28.5. The molecule has 39 heavy (non-hydrogen) atoms.